The number of rotatable bonds is 4. The third kappa shape index (κ3) is 3.42. The molecule has 5 rings (SSSR count). The van der Waals surface area contributed by atoms with E-state index in [-0.39, 0.29) is 5.91 Å². The minimum absolute atomic E-state index is 0.00590. The quantitative estimate of drug-likeness (QED) is 0.763. The Bertz CT molecular complexity index is 1000. The third-order valence-corrected chi connectivity index (χ3v) is 6.30. The molecule has 1 aliphatic heterocycles. The van der Waals surface area contributed by atoms with Gasteiger partial charge in [0.1, 0.15) is 5.65 Å². The molecule has 0 unspecified atom stereocenters. The Labute approximate surface area is 165 Å². The molecule has 1 aromatic carbocycles. The average Bonchev–Trinajstić information content (AvgIpc) is 3.05. The molecule has 0 spiro atoms. The summed E-state index contributed by atoms with van der Waals surface area (Å²) in [4.78, 5) is 19.6. The van der Waals surface area contributed by atoms with E-state index >= 15 is 0 Å². The number of aromatic nitrogens is 2. The van der Waals surface area contributed by atoms with Gasteiger partial charge in [0.15, 0.2) is 0 Å². The molecular weight excluding hydrogens is 348 g/mol. The van der Waals surface area contributed by atoms with Gasteiger partial charge < -0.3 is 9.72 Å². The maximum absolute atomic E-state index is 12.7. The van der Waals surface area contributed by atoms with E-state index in [9.17, 15) is 4.79 Å². The number of carbonyl (C=O) groups excluding carboxylic acids is 1. The van der Waals surface area contributed by atoms with Gasteiger partial charge in [-0.05, 0) is 60.6 Å². The van der Waals surface area contributed by atoms with Crippen LogP contribution in [0, 0.1) is 0 Å². The molecule has 1 aliphatic carbocycles. The van der Waals surface area contributed by atoms with Gasteiger partial charge >= 0.3 is 0 Å². The Kier molecular flexibility index (Phi) is 4.61. The number of carbonyl (C=O) groups is 1. The summed E-state index contributed by atoms with van der Waals surface area (Å²) in [5.41, 5.74) is 5.49. The maximum Gasteiger partial charge on any atom is 0.251 e. The number of fused-ring (bicyclic) bond motifs is 2. The highest BCUT2D eigenvalue weighted by molar-refractivity contribution is 5.94. The Morgan fingerprint density at radius 1 is 1.11 bits per heavy atom. The lowest BCUT2D eigenvalue weighted by Crippen LogP contribution is -2.41. The summed E-state index contributed by atoms with van der Waals surface area (Å²) in [6.45, 7) is 2.78. The highest BCUT2D eigenvalue weighted by atomic mass is 16.1. The molecule has 28 heavy (non-hydrogen) atoms. The number of imidazole rings is 1. The number of hydrogen-bond acceptors (Lipinski definition) is 3. The molecule has 144 valence electrons. The van der Waals surface area contributed by atoms with Crippen molar-refractivity contribution in [1.82, 2.24) is 19.6 Å². The molecule has 0 bridgehead atoms. The number of benzene rings is 1. The van der Waals surface area contributed by atoms with Crippen LogP contribution in [-0.4, -0.2) is 39.3 Å². The number of pyridine rings is 1. The smallest absolute Gasteiger partial charge is 0.251 e. The van der Waals surface area contributed by atoms with Crippen LogP contribution in [0.5, 0.6) is 0 Å². The summed E-state index contributed by atoms with van der Waals surface area (Å²) in [5.74, 6) is -0.00590. The van der Waals surface area contributed by atoms with Crippen molar-refractivity contribution in [3.63, 3.8) is 0 Å². The SMILES string of the molecule is O=C(NCc1ccc2nccn2c1)c1ccc2c(c1)CCN(C1CCC1)CC2. The number of amides is 1. The van der Waals surface area contributed by atoms with Gasteiger partial charge in [0, 0.05) is 49.8 Å². The zero-order valence-electron chi connectivity index (χ0n) is 16.1. The lowest BCUT2D eigenvalue weighted by Gasteiger charge is -2.36. The fourth-order valence-corrected chi connectivity index (χ4v) is 4.36. The van der Waals surface area contributed by atoms with E-state index in [1.54, 1.807) is 6.20 Å². The maximum atomic E-state index is 12.7. The Hall–Kier alpha value is -2.66. The second kappa shape index (κ2) is 7.40. The molecule has 0 atom stereocenters. The van der Waals surface area contributed by atoms with Crippen LogP contribution in [-0.2, 0) is 19.4 Å². The molecule has 0 radical (unpaired) electrons. The van der Waals surface area contributed by atoms with E-state index in [0.29, 0.717) is 6.54 Å². The van der Waals surface area contributed by atoms with Crippen molar-refractivity contribution in [2.45, 2.75) is 44.7 Å². The minimum Gasteiger partial charge on any atom is -0.348 e. The van der Waals surface area contributed by atoms with Gasteiger partial charge in [0.2, 0.25) is 0 Å². The van der Waals surface area contributed by atoms with Crippen LogP contribution < -0.4 is 5.32 Å². The van der Waals surface area contributed by atoms with Gasteiger partial charge in [-0.15, -0.1) is 0 Å². The minimum atomic E-state index is -0.00590. The van der Waals surface area contributed by atoms with E-state index in [0.717, 1.165) is 48.7 Å². The monoisotopic (exact) mass is 374 g/mol. The zero-order valence-corrected chi connectivity index (χ0v) is 16.1. The van der Waals surface area contributed by atoms with Crippen LogP contribution in [0.25, 0.3) is 5.65 Å². The molecule has 2 aliphatic rings. The summed E-state index contributed by atoms with van der Waals surface area (Å²) >= 11 is 0. The van der Waals surface area contributed by atoms with Crippen molar-refractivity contribution in [3.05, 3.63) is 71.2 Å². The van der Waals surface area contributed by atoms with E-state index in [4.69, 9.17) is 0 Å². The molecule has 1 saturated carbocycles. The molecule has 1 amide bonds. The summed E-state index contributed by atoms with van der Waals surface area (Å²) in [6.07, 6.45) is 11.9. The molecule has 3 aromatic rings. The summed E-state index contributed by atoms with van der Waals surface area (Å²) in [7, 11) is 0. The second-order valence-electron chi connectivity index (χ2n) is 8.02. The predicted octanol–water partition coefficient (Wildman–Crippen LogP) is 3.22. The average molecular weight is 374 g/mol. The topological polar surface area (TPSA) is 49.6 Å². The van der Waals surface area contributed by atoms with Crippen LogP contribution in [0.1, 0.15) is 46.3 Å². The molecule has 5 nitrogen and oxygen atoms in total. The van der Waals surface area contributed by atoms with E-state index < -0.39 is 0 Å². The molecule has 0 saturated heterocycles. The van der Waals surface area contributed by atoms with Gasteiger partial charge in [-0.2, -0.15) is 0 Å². The third-order valence-electron chi connectivity index (χ3n) is 6.30. The first-order valence-electron chi connectivity index (χ1n) is 10.3. The first kappa shape index (κ1) is 17.4. The molecule has 3 heterocycles. The van der Waals surface area contributed by atoms with Crippen molar-refractivity contribution in [1.29, 1.82) is 0 Å². The standard InChI is InChI=1S/C23H26N4O/c28-23(25-15-17-4-7-22-24-10-13-27(22)16-17)20-6-5-18-8-11-26(21-2-1-3-21)12-9-19(18)14-20/h4-7,10,13-14,16,21H,1-3,8-9,11-12,15H2,(H,25,28). The van der Waals surface area contributed by atoms with E-state index in [2.05, 4.69) is 27.3 Å². The summed E-state index contributed by atoms with van der Waals surface area (Å²) in [5, 5.41) is 3.06. The summed E-state index contributed by atoms with van der Waals surface area (Å²) < 4.78 is 1.97. The largest absolute Gasteiger partial charge is 0.348 e. The van der Waals surface area contributed by atoms with E-state index in [1.165, 1.54) is 30.4 Å². The van der Waals surface area contributed by atoms with Crippen LogP contribution in [0.2, 0.25) is 0 Å². The zero-order chi connectivity index (χ0) is 18.9. The normalized spacial score (nSPS) is 17.7. The number of hydrogen-bond donors (Lipinski definition) is 1. The van der Waals surface area contributed by atoms with Gasteiger partial charge in [0.25, 0.3) is 5.91 Å². The number of nitrogens with zero attached hydrogens (tertiary/aromatic N) is 3. The lowest BCUT2D eigenvalue weighted by molar-refractivity contribution is 0.0950. The van der Waals surface area contributed by atoms with E-state index in [1.807, 2.05) is 35.0 Å². The van der Waals surface area contributed by atoms with Gasteiger partial charge in [-0.1, -0.05) is 18.6 Å². The number of nitrogens with one attached hydrogen (secondary N) is 1. The highest BCUT2D eigenvalue weighted by Gasteiger charge is 2.26. The fraction of sp³-hybridized carbons (Fsp3) is 0.391. The second-order valence-corrected chi connectivity index (χ2v) is 8.02. The Balaban J connectivity index is 1.25. The summed E-state index contributed by atoms with van der Waals surface area (Å²) in [6, 6.07) is 11.0. The van der Waals surface area contributed by atoms with Crippen molar-refractivity contribution in [2.75, 3.05) is 13.1 Å². The molecule has 1 N–H and O–H groups in total. The molecule has 1 fully saturated rings. The fourth-order valence-electron chi connectivity index (χ4n) is 4.36. The van der Waals surface area contributed by atoms with Crippen molar-refractivity contribution in [3.8, 4) is 0 Å². The van der Waals surface area contributed by atoms with Crippen LogP contribution in [0.3, 0.4) is 0 Å². The molecular formula is C23H26N4O. The van der Waals surface area contributed by atoms with Crippen LogP contribution in [0.4, 0.5) is 0 Å². The first-order valence-corrected chi connectivity index (χ1v) is 10.3. The van der Waals surface area contributed by atoms with Crippen LogP contribution in [0.15, 0.2) is 48.9 Å². The van der Waals surface area contributed by atoms with Crippen molar-refractivity contribution >= 4 is 11.6 Å². The van der Waals surface area contributed by atoms with Crippen LogP contribution >= 0.6 is 0 Å². The molecule has 2 aromatic heterocycles. The first-order chi connectivity index (χ1) is 13.8. The van der Waals surface area contributed by atoms with Gasteiger partial charge in [0.05, 0.1) is 0 Å². The highest BCUT2D eigenvalue weighted by Crippen LogP contribution is 2.27. The van der Waals surface area contributed by atoms with Gasteiger partial charge in [-0.3, -0.25) is 9.69 Å². The lowest BCUT2D eigenvalue weighted by atomic mass is 9.91. The molecule has 5 heteroatoms. The Morgan fingerprint density at radius 3 is 2.79 bits per heavy atom. The predicted molar refractivity (Wildman–Crippen MR) is 109 cm³/mol. The van der Waals surface area contributed by atoms with Gasteiger partial charge in [-0.25, -0.2) is 4.98 Å². The Morgan fingerprint density at radius 2 is 1.96 bits per heavy atom. The van der Waals surface area contributed by atoms with Crippen molar-refractivity contribution < 1.29 is 4.79 Å². The van der Waals surface area contributed by atoms with Crippen molar-refractivity contribution in [2.24, 2.45) is 0 Å².